The second-order valence-corrected chi connectivity index (χ2v) is 13.8. The van der Waals surface area contributed by atoms with Crippen molar-refractivity contribution in [2.45, 2.75) is 19.3 Å². The molecule has 8 aromatic rings. The van der Waals surface area contributed by atoms with E-state index in [4.69, 9.17) is 19.4 Å². The summed E-state index contributed by atoms with van der Waals surface area (Å²) in [5, 5.41) is 2.33. The van der Waals surface area contributed by atoms with Crippen LogP contribution in [-0.2, 0) is 5.41 Å². The molecule has 0 spiro atoms. The van der Waals surface area contributed by atoms with Crippen molar-refractivity contribution in [2.75, 3.05) is 0 Å². The molecular weight excluding hydrogens is 625 g/mol. The molecule has 2 heterocycles. The average Bonchev–Trinajstić information content (AvgIpc) is 3.43. The minimum absolute atomic E-state index is 0.118. The number of benzene rings is 7. The van der Waals surface area contributed by atoms with Crippen LogP contribution in [0.3, 0.4) is 0 Å². The van der Waals surface area contributed by atoms with E-state index in [1.54, 1.807) is 0 Å². The molecule has 0 amide bonds. The summed E-state index contributed by atoms with van der Waals surface area (Å²) in [6.45, 7) is 4.55. The highest BCUT2D eigenvalue weighted by Gasteiger charge is 2.39. The third kappa shape index (κ3) is 4.68. The maximum atomic E-state index is 6.70. The maximum Gasteiger partial charge on any atom is 0.178 e. The minimum atomic E-state index is -0.118. The summed E-state index contributed by atoms with van der Waals surface area (Å²) in [6.07, 6.45) is 0. The molecule has 0 unspecified atom stereocenters. The van der Waals surface area contributed by atoms with E-state index in [0.717, 1.165) is 61.7 Å². The van der Waals surface area contributed by atoms with Gasteiger partial charge in [-0.05, 0) is 62.9 Å². The van der Waals surface area contributed by atoms with E-state index in [1.807, 2.05) is 30.3 Å². The molecule has 0 radical (unpaired) electrons. The molecule has 0 fully saturated rings. The molecule has 242 valence electrons. The molecule has 0 saturated heterocycles. The summed E-state index contributed by atoms with van der Waals surface area (Å²) in [7, 11) is 0. The topological polar surface area (TPSA) is 44.2 Å². The Morgan fingerprint density at radius 1 is 0.451 bits per heavy atom. The Morgan fingerprint density at radius 3 is 1.98 bits per heavy atom. The van der Waals surface area contributed by atoms with Gasteiger partial charge in [0.1, 0.15) is 0 Å². The lowest BCUT2D eigenvalue weighted by atomic mass is 9.82. The van der Waals surface area contributed by atoms with Gasteiger partial charge in [-0.1, -0.05) is 147 Å². The van der Waals surface area contributed by atoms with Crippen molar-refractivity contribution in [3.63, 3.8) is 0 Å². The van der Waals surface area contributed by atoms with Crippen molar-refractivity contribution in [3.05, 3.63) is 169 Å². The molecule has 0 saturated carbocycles. The summed E-state index contributed by atoms with van der Waals surface area (Å²) in [5.74, 6) is 3.57. The largest absolute Gasteiger partial charge is 0.449 e. The molecule has 2 aliphatic rings. The lowest BCUT2D eigenvalue weighted by Gasteiger charge is -2.25. The molecule has 1 aliphatic heterocycles. The Morgan fingerprint density at radius 2 is 1.12 bits per heavy atom. The molecule has 4 nitrogen and oxygen atoms in total. The van der Waals surface area contributed by atoms with Gasteiger partial charge in [0, 0.05) is 27.7 Å². The van der Waals surface area contributed by atoms with Crippen LogP contribution >= 0.6 is 0 Å². The number of hydrogen-bond donors (Lipinski definition) is 0. The second-order valence-electron chi connectivity index (χ2n) is 13.8. The van der Waals surface area contributed by atoms with Crippen molar-refractivity contribution in [1.82, 2.24) is 9.97 Å². The van der Waals surface area contributed by atoms with Gasteiger partial charge in [-0.2, -0.15) is 0 Å². The number of nitrogens with zero attached hydrogens (tertiary/aromatic N) is 2. The fraction of sp³-hybridized carbons (Fsp3) is 0.0638. The van der Waals surface area contributed by atoms with Crippen LogP contribution in [0.2, 0.25) is 0 Å². The highest BCUT2D eigenvalue weighted by Crippen LogP contribution is 2.58. The van der Waals surface area contributed by atoms with E-state index < -0.39 is 0 Å². The molecule has 1 aromatic heterocycles. The Kier molecular flexibility index (Phi) is 6.49. The first kappa shape index (κ1) is 29.4. The molecule has 4 heteroatoms. The van der Waals surface area contributed by atoms with E-state index in [1.165, 1.54) is 22.1 Å². The first-order chi connectivity index (χ1) is 25.0. The minimum Gasteiger partial charge on any atom is -0.449 e. The van der Waals surface area contributed by atoms with Gasteiger partial charge in [0.05, 0.1) is 11.4 Å². The van der Waals surface area contributed by atoms with Crippen molar-refractivity contribution in [1.29, 1.82) is 0 Å². The van der Waals surface area contributed by atoms with E-state index >= 15 is 0 Å². The number of hydrogen-bond acceptors (Lipinski definition) is 4. The standard InChI is InChI=1S/C47H32N2O2/c1-47(2)37-22-11-10-20-36(37)44-38(47)24-26-42-45(44)51-41-25-23-31(27-43(41)50-42)33-18-8-9-19-34(33)39-28-40(49-46(48-39)30-14-4-3-5-15-30)35-21-12-16-29-13-6-7-17-32(29)35/h3-28H,1-2H3. The smallest absolute Gasteiger partial charge is 0.178 e. The van der Waals surface area contributed by atoms with Crippen LogP contribution in [0.5, 0.6) is 23.0 Å². The van der Waals surface area contributed by atoms with Crippen LogP contribution in [0, 0.1) is 0 Å². The van der Waals surface area contributed by atoms with Crippen molar-refractivity contribution >= 4 is 10.8 Å². The molecule has 0 bridgehead atoms. The van der Waals surface area contributed by atoms with Gasteiger partial charge in [-0.3, -0.25) is 0 Å². The van der Waals surface area contributed by atoms with E-state index in [0.29, 0.717) is 17.3 Å². The number of fused-ring (bicyclic) bond motifs is 7. The van der Waals surface area contributed by atoms with E-state index in [-0.39, 0.29) is 5.41 Å². The SMILES string of the molecule is CC1(C)c2ccccc2-c2c1ccc1c2Oc2ccc(-c3ccccc3-c3cc(-c4cccc5ccccc45)nc(-c4ccccc4)n3)cc2O1. The number of ether oxygens (including phenoxy) is 2. The van der Waals surface area contributed by atoms with Crippen LogP contribution in [0.15, 0.2) is 158 Å². The third-order valence-electron chi connectivity index (χ3n) is 10.4. The highest BCUT2D eigenvalue weighted by atomic mass is 16.6. The molecule has 1 aliphatic carbocycles. The van der Waals surface area contributed by atoms with Crippen LogP contribution in [0.1, 0.15) is 25.0 Å². The van der Waals surface area contributed by atoms with Gasteiger partial charge < -0.3 is 9.47 Å². The molecule has 10 rings (SSSR count). The third-order valence-corrected chi connectivity index (χ3v) is 10.4. The van der Waals surface area contributed by atoms with Gasteiger partial charge in [0.25, 0.3) is 0 Å². The van der Waals surface area contributed by atoms with Crippen LogP contribution in [0.4, 0.5) is 0 Å². The normalized spacial score (nSPS) is 13.4. The maximum absolute atomic E-state index is 6.70. The van der Waals surface area contributed by atoms with Crippen molar-refractivity contribution < 1.29 is 9.47 Å². The average molecular weight is 657 g/mol. The molecule has 51 heavy (non-hydrogen) atoms. The summed E-state index contributed by atoms with van der Waals surface area (Å²) in [4.78, 5) is 10.3. The first-order valence-corrected chi connectivity index (χ1v) is 17.3. The Balaban J connectivity index is 1.08. The van der Waals surface area contributed by atoms with Crippen molar-refractivity contribution in [2.24, 2.45) is 0 Å². The van der Waals surface area contributed by atoms with Crippen LogP contribution < -0.4 is 9.47 Å². The number of aromatic nitrogens is 2. The highest BCUT2D eigenvalue weighted by molar-refractivity contribution is 5.97. The summed E-state index contributed by atoms with van der Waals surface area (Å²) < 4.78 is 13.3. The molecule has 0 atom stereocenters. The first-order valence-electron chi connectivity index (χ1n) is 17.3. The fourth-order valence-electron chi connectivity index (χ4n) is 7.84. The van der Waals surface area contributed by atoms with Crippen molar-refractivity contribution in [3.8, 4) is 79.2 Å². The van der Waals surface area contributed by atoms with Crippen LogP contribution in [-0.4, -0.2) is 9.97 Å². The van der Waals surface area contributed by atoms with Gasteiger partial charge >= 0.3 is 0 Å². The van der Waals surface area contributed by atoms with E-state index in [9.17, 15) is 0 Å². The Labute approximate surface area is 296 Å². The summed E-state index contributed by atoms with van der Waals surface area (Å²) >= 11 is 0. The predicted molar refractivity (Wildman–Crippen MR) is 205 cm³/mol. The zero-order valence-electron chi connectivity index (χ0n) is 28.2. The summed E-state index contributed by atoms with van der Waals surface area (Å²) in [5.41, 5.74) is 11.6. The monoisotopic (exact) mass is 656 g/mol. The zero-order chi connectivity index (χ0) is 34.1. The fourth-order valence-corrected chi connectivity index (χ4v) is 7.84. The van der Waals surface area contributed by atoms with Gasteiger partial charge in [0.2, 0.25) is 0 Å². The molecular formula is C47H32N2O2. The Hall–Kier alpha value is -6.52. The van der Waals surface area contributed by atoms with Gasteiger partial charge in [-0.25, -0.2) is 9.97 Å². The zero-order valence-corrected chi connectivity index (χ0v) is 28.2. The van der Waals surface area contributed by atoms with Gasteiger partial charge in [0.15, 0.2) is 28.8 Å². The number of rotatable bonds is 4. The second kappa shape index (κ2) is 11.3. The van der Waals surface area contributed by atoms with Gasteiger partial charge in [-0.15, -0.1) is 0 Å². The lowest BCUT2D eigenvalue weighted by Crippen LogP contribution is -2.15. The molecule has 7 aromatic carbocycles. The van der Waals surface area contributed by atoms with Crippen LogP contribution in [0.25, 0.3) is 66.9 Å². The lowest BCUT2D eigenvalue weighted by molar-refractivity contribution is 0.360. The van der Waals surface area contributed by atoms with E-state index in [2.05, 4.69) is 141 Å². The quantitative estimate of drug-likeness (QED) is 0.189. The predicted octanol–water partition coefficient (Wildman–Crippen LogP) is 12.5. The Bertz CT molecular complexity index is 2670. The molecule has 0 N–H and O–H groups in total. The summed E-state index contributed by atoms with van der Waals surface area (Å²) in [6, 6.07) is 54.6.